The summed E-state index contributed by atoms with van der Waals surface area (Å²) >= 11 is 0. The third-order valence-corrected chi connectivity index (χ3v) is 3.85. The smallest absolute Gasteiger partial charge is 0.410 e. The van der Waals surface area contributed by atoms with E-state index in [1.807, 2.05) is 20.8 Å². The lowest BCUT2D eigenvalue weighted by Crippen LogP contribution is -2.35. The second kappa shape index (κ2) is 7.11. The van der Waals surface area contributed by atoms with Crippen molar-refractivity contribution in [3.05, 3.63) is 29.3 Å². The van der Waals surface area contributed by atoms with Gasteiger partial charge in [-0.25, -0.2) is 9.59 Å². The van der Waals surface area contributed by atoms with Gasteiger partial charge in [-0.15, -0.1) is 0 Å². The van der Waals surface area contributed by atoms with Gasteiger partial charge in [0.15, 0.2) is 0 Å². The Bertz CT molecular complexity index is 620. The number of aryl methyl sites for hydroxylation is 1. The van der Waals surface area contributed by atoms with Gasteiger partial charge in [0, 0.05) is 19.0 Å². The molecule has 0 unspecified atom stereocenters. The van der Waals surface area contributed by atoms with Crippen LogP contribution in [0, 0.1) is 12.8 Å². The molecule has 24 heavy (non-hydrogen) atoms. The van der Waals surface area contributed by atoms with E-state index in [-0.39, 0.29) is 17.6 Å². The Balaban J connectivity index is 1.85. The van der Waals surface area contributed by atoms with Gasteiger partial charge in [0.05, 0.1) is 12.2 Å². The average molecular weight is 335 g/mol. The Hall–Kier alpha value is -2.24. The number of rotatable bonds is 4. The number of aromatic carboxylic acids is 1. The summed E-state index contributed by atoms with van der Waals surface area (Å²) in [5.74, 6) is -0.0481. The van der Waals surface area contributed by atoms with E-state index in [2.05, 4.69) is 0 Å². The Kier molecular flexibility index (Phi) is 5.36. The topological polar surface area (TPSA) is 76.1 Å². The molecule has 2 rings (SSSR count). The standard InChI is InChI=1S/C18H25NO5/c1-12-9-14(5-6-15(12)16(20)21)23-11-13-7-8-19(10-13)17(22)24-18(2,3)4/h5-6,9,13H,7-8,10-11H2,1-4H3,(H,20,21)/t13-/m0/s1. The largest absolute Gasteiger partial charge is 0.493 e. The van der Waals surface area contributed by atoms with Crippen LogP contribution in [0.25, 0.3) is 0 Å². The zero-order valence-electron chi connectivity index (χ0n) is 14.7. The lowest BCUT2D eigenvalue weighted by molar-refractivity contribution is 0.0284. The van der Waals surface area contributed by atoms with Crippen LogP contribution in [0.5, 0.6) is 5.75 Å². The zero-order chi connectivity index (χ0) is 17.9. The van der Waals surface area contributed by atoms with Gasteiger partial charge in [0.2, 0.25) is 0 Å². The molecule has 1 fully saturated rings. The summed E-state index contributed by atoms with van der Waals surface area (Å²) in [6.45, 7) is 9.07. The van der Waals surface area contributed by atoms with Crippen molar-refractivity contribution >= 4 is 12.1 Å². The molecule has 1 saturated heterocycles. The molecule has 6 heteroatoms. The number of carbonyl (C=O) groups is 2. The Morgan fingerprint density at radius 3 is 2.62 bits per heavy atom. The average Bonchev–Trinajstić information content (AvgIpc) is 2.92. The second-order valence-electron chi connectivity index (χ2n) is 7.17. The van der Waals surface area contributed by atoms with E-state index in [1.54, 1.807) is 30.0 Å². The first-order chi connectivity index (χ1) is 11.2. The number of benzene rings is 1. The normalized spacial score (nSPS) is 17.7. The Labute approximate surface area is 142 Å². The molecular formula is C18H25NO5. The minimum Gasteiger partial charge on any atom is -0.493 e. The predicted octanol–water partition coefficient (Wildman–Crippen LogP) is 3.33. The van der Waals surface area contributed by atoms with Crippen LogP contribution in [-0.4, -0.2) is 47.4 Å². The summed E-state index contributed by atoms with van der Waals surface area (Å²) in [7, 11) is 0. The Morgan fingerprint density at radius 2 is 2.04 bits per heavy atom. The first-order valence-electron chi connectivity index (χ1n) is 8.10. The molecule has 0 saturated carbocycles. The molecule has 1 heterocycles. The van der Waals surface area contributed by atoms with Crippen molar-refractivity contribution in [2.75, 3.05) is 19.7 Å². The summed E-state index contributed by atoms with van der Waals surface area (Å²) in [5.41, 5.74) is 0.454. The van der Waals surface area contributed by atoms with Gasteiger partial charge in [0.25, 0.3) is 0 Å². The molecule has 1 amide bonds. The summed E-state index contributed by atoms with van der Waals surface area (Å²) in [6, 6.07) is 4.94. The highest BCUT2D eigenvalue weighted by molar-refractivity contribution is 5.89. The minimum absolute atomic E-state index is 0.247. The van der Waals surface area contributed by atoms with Crippen LogP contribution in [0.4, 0.5) is 4.79 Å². The molecular weight excluding hydrogens is 310 g/mol. The highest BCUT2D eigenvalue weighted by Crippen LogP contribution is 2.22. The molecule has 1 aliphatic heterocycles. The number of hydrogen-bond donors (Lipinski definition) is 1. The van der Waals surface area contributed by atoms with Gasteiger partial charge >= 0.3 is 12.1 Å². The van der Waals surface area contributed by atoms with Crippen LogP contribution < -0.4 is 4.74 Å². The van der Waals surface area contributed by atoms with Gasteiger partial charge in [-0.3, -0.25) is 0 Å². The van der Waals surface area contributed by atoms with Gasteiger partial charge in [-0.05, 0) is 57.9 Å². The third-order valence-electron chi connectivity index (χ3n) is 3.85. The number of nitrogens with zero attached hydrogens (tertiary/aromatic N) is 1. The van der Waals surface area contributed by atoms with Crippen molar-refractivity contribution in [2.45, 2.75) is 39.7 Å². The molecule has 1 atom stereocenters. The summed E-state index contributed by atoms with van der Waals surface area (Å²) in [4.78, 5) is 24.7. The first-order valence-corrected chi connectivity index (χ1v) is 8.10. The molecule has 1 N–H and O–H groups in total. The number of carboxylic acid groups (broad SMARTS) is 1. The molecule has 132 valence electrons. The summed E-state index contributed by atoms with van der Waals surface area (Å²) in [6.07, 6.45) is 0.581. The number of likely N-dealkylation sites (tertiary alicyclic amines) is 1. The second-order valence-corrected chi connectivity index (χ2v) is 7.17. The molecule has 1 aliphatic rings. The maximum absolute atomic E-state index is 12.0. The summed E-state index contributed by atoms with van der Waals surface area (Å²) < 4.78 is 11.1. The fourth-order valence-corrected chi connectivity index (χ4v) is 2.64. The maximum atomic E-state index is 12.0. The van der Waals surface area contributed by atoms with Gasteiger partial charge in [-0.1, -0.05) is 0 Å². The van der Waals surface area contributed by atoms with E-state index in [0.717, 1.165) is 6.42 Å². The van der Waals surface area contributed by atoms with Crippen molar-refractivity contribution in [1.82, 2.24) is 4.90 Å². The van der Waals surface area contributed by atoms with Crippen molar-refractivity contribution < 1.29 is 24.2 Å². The van der Waals surface area contributed by atoms with Crippen LogP contribution in [0.3, 0.4) is 0 Å². The van der Waals surface area contributed by atoms with E-state index >= 15 is 0 Å². The monoisotopic (exact) mass is 335 g/mol. The van der Waals surface area contributed by atoms with Gasteiger partial charge < -0.3 is 19.5 Å². The quantitative estimate of drug-likeness (QED) is 0.913. The van der Waals surface area contributed by atoms with Crippen molar-refractivity contribution in [1.29, 1.82) is 0 Å². The zero-order valence-corrected chi connectivity index (χ0v) is 14.7. The van der Waals surface area contributed by atoms with Crippen molar-refractivity contribution in [3.63, 3.8) is 0 Å². The SMILES string of the molecule is Cc1cc(OC[C@H]2CCN(C(=O)OC(C)(C)C)C2)ccc1C(=O)O. The molecule has 0 radical (unpaired) electrons. The maximum Gasteiger partial charge on any atom is 0.410 e. The van der Waals surface area contributed by atoms with E-state index in [0.29, 0.717) is 31.0 Å². The molecule has 0 aliphatic carbocycles. The minimum atomic E-state index is -0.942. The van der Waals surface area contributed by atoms with Gasteiger partial charge in [-0.2, -0.15) is 0 Å². The first kappa shape index (κ1) is 18.1. The lowest BCUT2D eigenvalue weighted by atomic mass is 10.1. The van der Waals surface area contributed by atoms with E-state index in [1.165, 1.54) is 0 Å². The van der Waals surface area contributed by atoms with Crippen LogP contribution in [0.15, 0.2) is 18.2 Å². The lowest BCUT2D eigenvalue weighted by Gasteiger charge is -2.24. The van der Waals surface area contributed by atoms with Crippen LogP contribution in [0.1, 0.15) is 43.1 Å². The number of ether oxygens (including phenoxy) is 2. The van der Waals surface area contributed by atoms with E-state index in [4.69, 9.17) is 14.6 Å². The predicted molar refractivity (Wildman–Crippen MR) is 89.5 cm³/mol. The molecule has 6 nitrogen and oxygen atoms in total. The van der Waals surface area contributed by atoms with Crippen molar-refractivity contribution in [2.24, 2.45) is 5.92 Å². The highest BCUT2D eigenvalue weighted by Gasteiger charge is 2.30. The Morgan fingerprint density at radius 1 is 1.33 bits per heavy atom. The fraction of sp³-hybridized carbons (Fsp3) is 0.556. The molecule has 0 bridgehead atoms. The number of hydrogen-bond acceptors (Lipinski definition) is 4. The fourth-order valence-electron chi connectivity index (χ4n) is 2.64. The van der Waals surface area contributed by atoms with Crippen molar-refractivity contribution in [3.8, 4) is 5.75 Å². The molecule has 1 aromatic carbocycles. The molecule has 0 aromatic heterocycles. The van der Waals surface area contributed by atoms with Gasteiger partial charge in [0.1, 0.15) is 11.4 Å². The molecule has 1 aromatic rings. The van der Waals surface area contributed by atoms with E-state index in [9.17, 15) is 9.59 Å². The van der Waals surface area contributed by atoms with Crippen LogP contribution in [-0.2, 0) is 4.74 Å². The van der Waals surface area contributed by atoms with Crippen LogP contribution in [0.2, 0.25) is 0 Å². The molecule has 0 spiro atoms. The number of amides is 1. The third kappa shape index (κ3) is 4.88. The number of carbonyl (C=O) groups excluding carboxylic acids is 1. The summed E-state index contributed by atoms with van der Waals surface area (Å²) in [5, 5.41) is 9.03. The number of carboxylic acids is 1. The van der Waals surface area contributed by atoms with Crippen LogP contribution >= 0.6 is 0 Å². The highest BCUT2D eigenvalue weighted by atomic mass is 16.6. The van der Waals surface area contributed by atoms with E-state index < -0.39 is 11.6 Å².